The van der Waals surface area contributed by atoms with Crippen LogP contribution < -0.4 is 11.1 Å². The van der Waals surface area contributed by atoms with Crippen LogP contribution >= 0.6 is 0 Å². The summed E-state index contributed by atoms with van der Waals surface area (Å²) in [6, 6.07) is -0.712. The van der Waals surface area contributed by atoms with Crippen LogP contribution in [0.5, 0.6) is 0 Å². The third kappa shape index (κ3) is 15.6. The van der Waals surface area contributed by atoms with E-state index < -0.39 is 12.0 Å². The molecular weight excluding hydrogens is 196 g/mol. The molecule has 0 aromatic heterocycles. The Kier molecular flexibility index (Phi) is 20.0. The molecule has 15 heavy (non-hydrogen) atoms. The molecule has 1 unspecified atom stereocenters. The van der Waals surface area contributed by atoms with Gasteiger partial charge in [-0.3, -0.25) is 9.59 Å². The van der Waals surface area contributed by atoms with Crippen molar-refractivity contribution in [2.24, 2.45) is 5.73 Å². The molecule has 0 fully saturated rings. The fourth-order valence-electron chi connectivity index (χ4n) is 0.595. The van der Waals surface area contributed by atoms with E-state index in [0.29, 0.717) is 0 Å². The first-order chi connectivity index (χ1) is 7.07. The van der Waals surface area contributed by atoms with Crippen molar-refractivity contribution in [1.29, 1.82) is 0 Å². The maximum atomic E-state index is 10.7. The first kappa shape index (κ1) is 19.5. The van der Waals surface area contributed by atoms with E-state index in [1.165, 1.54) is 7.05 Å². The number of carboxylic acids is 1. The standard InChI is InChI=1S/C6H12N2O3.2C2H6/c1-8-6(11)4(7)2-3-5(9)10;2*1-2/h4H,2-3,7H2,1H3,(H,8,11)(H,9,10);2*1-2H3. The second kappa shape index (κ2) is 15.4. The Morgan fingerprint density at radius 1 is 1.27 bits per heavy atom. The van der Waals surface area contributed by atoms with Crippen molar-refractivity contribution in [2.75, 3.05) is 7.05 Å². The number of likely N-dealkylation sites (N-methyl/N-ethyl adjacent to an activating group) is 1. The van der Waals surface area contributed by atoms with Gasteiger partial charge >= 0.3 is 5.97 Å². The first-order valence-electron chi connectivity index (χ1n) is 5.27. The lowest BCUT2D eigenvalue weighted by atomic mass is 10.1. The Labute approximate surface area is 92.0 Å². The molecule has 5 nitrogen and oxygen atoms in total. The molecule has 0 heterocycles. The van der Waals surface area contributed by atoms with Gasteiger partial charge in [0.1, 0.15) is 0 Å². The van der Waals surface area contributed by atoms with Gasteiger partial charge in [0.2, 0.25) is 5.91 Å². The molecule has 1 amide bonds. The lowest BCUT2D eigenvalue weighted by Crippen LogP contribution is -2.38. The third-order valence-corrected chi connectivity index (χ3v) is 1.25. The second-order valence-corrected chi connectivity index (χ2v) is 2.15. The van der Waals surface area contributed by atoms with E-state index in [0.717, 1.165) is 0 Å². The molecule has 0 aliphatic heterocycles. The van der Waals surface area contributed by atoms with Crippen LogP contribution in [-0.4, -0.2) is 30.1 Å². The van der Waals surface area contributed by atoms with E-state index in [-0.39, 0.29) is 18.7 Å². The molecule has 0 saturated carbocycles. The van der Waals surface area contributed by atoms with Crippen molar-refractivity contribution in [2.45, 2.75) is 46.6 Å². The second-order valence-electron chi connectivity index (χ2n) is 2.15. The predicted octanol–water partition coefficient (Wildman–Crippen LogP) is 0.977. The van der Waals surface area contributed by atoms with Gasteiger partial charge in [-0.1, -0.05) is 27.7 Å². The Balaban J connectivity index is -0.000000318. The molecule has 0 aliphatic carbocycles. The van der Waals surface area contributed by atoms with Crippen LogP contribution in [0.1, 0.15) is 40.5 Å². The summed E-state index contributed by atoms with van der Waals surface area (Å²) in [6.45, 7) is 8.00. The lowest BCUT2D eigenvalue weighted by Gasteiger charge is -2.06. The minimum atomic E-state index is -0.940. The number of hydrogen-bond donors (Lipinski definition) is 3. The topological polar surface area (TPSA) is 92.4 Å². The van der Waals surface area contributed by atoms with Crippen molar-refractivity contribution >= 4 is 11.9 Å². The summed E-state index contributed by atoms with van der Waals surface area (Å²) < 4.78 is 0. The summed E-state index contributed by atoms with van der Waals surface area (Å²) in [5.74, 6) is -1.27. The fourth-order valence-corrected chi connectivity index (χ4v) is 0.595. The van der Waals surface area contributed by atoms with E-state index in [1.54, 1.807) is 0 Å². The van der Waals surface area contributed by atoms with E-state index in [9.17, 15) is 9.59 Å². The van der Waals surface area contributed by atoms with Gasteiger partial charge < -0.3 is 16.2 Å². The van der Waals surface area contributed by atoms with Crippen LogP contribution in [0.2, 0.25) is 0 Å². The fraction of sp³-hybridized carbons (Fsp3) is 0.800. The van der Waals surface area contributed by atoms with Crippen LogP contribution in [0.25, 0.3) is 0 Å². The van der Waals surface area contributed by atoms with Gasteiger partial charge in [-0.25, -0.2) is 0 Å². The molecule has 0 aromatic carbocycles. The molecule has 4 N–H and O–H groups in total. The van der Waals surface area contributed by atoms with Crippen LogP contribution in [0.3, 0.4) is 0 Å². The normalized spacial score (nSPS) is 9.73. The maximum absolute atomic E-state index is 10.7. The lowest BCUT2D eigenvalue weighted by molar-refractivity contribution is -0.137. The zero-order chi connectivity index (χ0) is 12.9. The van der Waals surface area contributed by atoms with Crippen molar-refractivity contribution < 1.29 is 14.7 Å². The SMILES string of the molecule is CC.CC.CNC(=O)C(N)CCC(=O)O. The monoisotopic (exact) mass is 220 g/mol. The van der Waals surface area contributed by atoms with E-state index >= 15 is 0 Å². The Morgan fingerprint density at radius 2 is 1.67 bits per heavy atom. The molecule has 0 spiro atoms. The molecule has 0 aliphatic rings. The number of carbonyl (C=O) groups excluding carboxylic acids is 1. The van der Waals surface area contributed by atoms with Gasteiger partial charge in [0.25, 0.3) is 0 Å². The summed E-state index contributed by atoms with van der Waals surface area (Å²) in [5, 5.41) is 10.6. The maximum Gasteiger partial charge on any atom is 0.303 e. The molecule has 0 radical (unpaired) electrons. The van der Waals surface area contributed by atoms with Crippen LogP contribution in [0.4, 0.5) is 0 Å². The summed E-state index contributed by atoms with van der Waals surface area (Å²) >= 11 is 0. The minimum absolute atomic E-state index is 0.0748. The Hall–Kier alpha value is -1.10. The number of amides is 1. The van der Waals surface area contributed by atoms with Crippen LogP contribution in [0.15, 0.2) is 0 Å². The summed E-state index contributed by atoms with van der Waals surface area (Å²) in [6.07, 6.45) is 0.101. The highest BCUT2D eigenvalue weighted by Crippen LogP contribution is 1.93. The van der Waals surface area contributed by atoms with Gasteiger partial charge in [-0.2, -0.15) is 0 Å². The summed E-state index contributed by atoms with van der Waals surface area (Å²) in [4.78, 5) is 20.7. The van der Waals surface area contributed by atoms with Gasteiger partial charge in [-0.05, 0) is 6.42 Å². The zero-order valence-electron chi connectivity index (χ0n) is 10.3. The average molecular weight is 220 g/mol. The van der Waals surface area contributed by atoms with E-state index in [4.69, 9.17) is 10.8 Å². The number of aliphatic carboxylic acids is 1. The molecule has 5 heteroatoms. The van der Waals surface area contributed by atoms with E-state index in [1.807, 2.05) is 27.7 Å². The minimum Gasteiger partial charge on any atom is -0.481 e. The molecule has 92 valence electrons. The third-order valence-electron chi connectivity index (χ3n) is 1.25. The number of carboxylic acid groups (broad SMARTS) is 1. The number of carbonyl (C=O) groups is 2. The number of nitrogens with one attached hydrogen (secondary N) is 1. The average Bonchev–Trinajstić information content (AvgIpc) is 2.30. The molecule has 0 saturated heterocycles. The van der Waals surface area contributed by atoms with Gasteiger partial charge in [0.15, 0.2) is 0 Å². The Morgan fingerprint density at radius 3 is 1.93 bits per heavy atom. The highest BCUT2D eigenvalue weighted by atomic mass is 16.4. The highest BCUT2D eigenvalue weighted by molar-refractivity contribution is 5.81. The predicted molar refractivity (Wildman–Crippen MR) is 61.6 cm³/mol. The number of hydrogen-bond acceptors (Lipinski definition) is 3. The number of nitrogens with two attached hydrogens (primary N) is 1. The first-order valence-corrected chi connectivity index (χ1v) is 5.27. The van der Waals surface area contributed by atoms with Crippen molar-refractivity contribution in [3.63, 3.8) is 0 Å². The quantitative estimate of drug-likeness (QED) is 0.658. The smallest absolute Gasteiger partial charge is 0.303 e. The zero-order valence-corrected chi connectivity index (χ0v) is 10.3. The number of rotatable bonds is 4. The van der Waals surface area contributed by atoms with Crippen LogP contribution in [-0.2, 0) is 9.59 Å². The Bertz CT molecular complexity index is 161. The molecule has 0 bridgehead atoms. The molecule has 0 rings (SSSR count). The molecule has 0 aromatic rings. The molecule has 1 atom stereocenters. The van der Waals surface area contributed by atoms with Crippen molar-refractivity contribution in [3.05, 3.63) is 0 Å². The van der Waals surface area contributed by atoms with Gasteiger partial charge in [0.05, 0.1) is 6.04 Å². The largest absolute Gasteiger partial charge is 0.481 e. The summed E-state index contributed by atoms with van der Waals surface area (Å²) in [5.41, 5.74) is 5.30. The molecular formula is C10H24N2O3. The highest BCUT2D eigenvalue weighted by Gasteiger charge is 2.12. The summed E-state index contributed by atoms with van der Waals surface area (Å²) in [7, 11) is 1.46. The van der Waals surface area contributed by atoms with Crippen molar-refractivity contribution in [3.8, 4) is 0 Å². The van der Waals surface area contributed by atoms with Crippen molar-refractivity contribution in [1.82, 2.24) is 5.32 Å². The van der Waals surface area contributed by atoms with E-state index in [2.05, 4.69) is 5.32 Å². The van der Waals surface area contributed by atoms with Crippen LogP contribution in [0, 0.1) is 0 Å². The van der Waals surface area contributed by atoms with Gasteiger partial charge in [0, 0.05) is 13.5 Å². The van der Waals surface area contributed by atoms with Gasteiger partial charge in [-0.15, -0.1) is 0 Å².